The summed E-state index contributed by atoms with van der Waals surface area (Å²) in [5, 5.41) is 10.0. The van der Waals surface area contributed by atoms with Crippen molar-refractivity contribution in [1.29, 1.82) is 0 Å². The zero-order valence-electron chi connectivity index (χ0n) is 8.94. The molecule has 0 aliphatic heterocycles. The number of hydrogen-bond acceptors (Lipinski definition) is 3. The van der Waals surface area contributed by atoms with Crippen LogP contribution in [0.5, 0.6) is 0 Å². The van der Waals surface area contributed by atoms with Crippen molar-refractivity contribution in [1.82, 2.24) is 0 Å². The van der Waals surface area contributed by atoms with Gasteiger partial charge < -0.3 is 9.84 Å². The Morgan fingerprint density at radius 2 is 2.38 bits per heavy atom. The van der Waals surface area contributed by atoms with Crippen LogP contribution >= 0.6 is 15.9 Å². The van der Waals surface area contributed by atoms with E-state index in [2.05, 4.69) is 15.9 Å². The van der Waals surface area contributed by atoms with Gasteiger partial charge in [-0.1, -0.05) is 28.1 Å². The van der Waals surface area contributed by atoms with Crippen LogP contribution in [0.2, 0.25) is 0 Å². The van der Waals surface area contributed by atoms with Gasteiger partial charge in [-0.3, -0.25) is 4.79 Å². The Kier molecular flexibility index (Phi) is 3.30. The Morgan fingerprint density at radius 1 is 1.62 bits per heavy atom. The minimum absolute atomic E-state index is 0.321. The lowest BCUT2D eigenvalue weighted by Crippen LogP contribution is -2.21. The Balaban J connectivity index is 2.27. The predicted molar refractivity (Wildman–Crippen MR) is 62.9 cm³/mol. The van der Waals surface area contributed by atoms with Gasteiger partial charge in [0.2, 0.25) is 0 Å². The van der Waals surface area contributed by atoms with Gasteiger partial charge in [0.05, 0.1) is 18.6 Å². The average molecular weight is 285 g/mol. The van der Waals surface area contributed by atoms with E-state index >= 15 is 0 Å². The van der Waals surface area contributed by atoms with Gasteiger partial charge in [-0.2, -0.15) is 0 Å². The highest BCUT2D eigenvalue weighted by molar-refractivity contribution is 9.10. The van der Waals surface area contributed by atoms with Crippen molar-refractivity contribution >= 4 is 21.9 Å². The monoisotopic (exact) mass is 284 g/mol. The normalized spacial score (nSPS) is 22.9. The third-order valence-corrected chi connectivity index (χ3v) is 3.61. The quantitative estimate of drug-likeness (QED) is 0.847. The zero-order chi connectivity index (χ0) is 11.7. The summed E-state index contributed by atoms with van der Waals surface area (Å²) >= 11 is 3.43. The molecule has 2 atom stereocenters. The summed E-state index contributed by atoms with van der Waals surface area (Å²) in [5.41, 5.74) is 1.83. The minimum atomic E-state index is -0.744. The molecule has 0 radical (unpaired) electrons. The van der Waals surface area contributed by atoms with E-state index < -0.39 is 12.0 Å². The third kappa shape index (κ3) is 1.87. The van der Waals surface area contributed by atoms with Crippen LogP contribution in [-0.4, -0.2) is 17.7 Å². The molecule has 0 heterocycles. The van der Waals surface area contributed by atoms with E-state index in [4.69, 9.17) is 4.74 Å². The lowest BCUT2D eigenvalue weighted by Gasteiger charge is -2.12. The lowest BCUT2D eigenvalue weighted by atomic mass is 10.0. The van der Waals surface area contributed by atoms with Crippen molar-refractivity contribution in [2.24, 2.45) is 5.92 Å². The van der Waals surface area contributed by atoms with E-state index in [-0.39, 0.29) is 5.97 Å². The van der Waals surface area contributed by atoms with Gasteiger partial charge in [0.1, 0.15) is 0 Å². The highest BCUT2D eigenvalue weighted by Gasteiger charge is 2.37. The Labute approximate surface area is 103 Å². The fraction of sp³-hybridized carbons (Fsp3) is 0.417. The molecule has 0 fully saturated rings. The van der Waals surface area contributed by atoms with Gasteiger partial charge in [-0.25, -0.2) is 0 Å². The number of hydrogen-bond donors (Lipinski definition) is 1. The van der Waals surface area contributed by atoms with Crippen molar-refractivity contribution < 1.29 is 14.6 Å². The van der Waals surface area contributed by atoms with Crippen molar-refractivity contribution in [2.45, 2.75) is 19.4 Å². The summed E-state index contributed by atoms with van der Waals surface area (Å²) in [4.78, 5) is 11.6. The molecule has 16 heavy (non-hydrogen) atoms. The zero-order valence-corrected chi connectivity index (χ0v) is 10.5. The summed E-state index contributed by atoms with van der Waals surface area (Å²) < 4.78 is 5.89. The summed E-state index contributed by atoms with van der Waals surface area (Å²) in [6, 6.07) is 5.63. The highest BCUT2D eigenvalue weighted by atomic mass is 79.9. The van der Waals surface area contributed by atoms with Crippen LogP contribution in [0, 0.1) is 5.92 Å². The second-order valence-electron chi connectivity index (χ2n) is 3.82. The highest BCUT2D eigenvalue weighted by Crippen LogP contribution is 2.40. The van der Waals surface area contributed by atoms with E-state index in [9.17, 15) is 9.90 Å². The molecule has 1 aliphatic carbocycles. The van der Waals surface area contributed by atoms with Gasteiger partial charge in [0, 0.05) is 4.47 Å². The molecule has 0 amide bonds. The molecule has 0 aromatic heterocycles. The van der Waals surface area contributed by atoms with Crippen LogP contribution in [-0.2, 0) is 16.0 Å². The summed E-state index contributed by atoms with van der Waals surface area (Å²) in [5.74, 6) is -0.785. The minimum Gasteiger partial charge on any atom is -0.466 e. The van der Waals surface area contributed by atoms with Crippen LogP contribution < -0.4 is 0 Å². The molecule has 0 saturated heterocycles. The van der Waals surface area contributed by atoms with E-state index in [0.717, 1.165) is 15.6 Å². The number of benzene rings is 1. The van der Waals surface area contributed by atoms with E-state index in [1.54, 1.807) is 6.92 Å². The fourth-order valence-electron chi connectivity index (χ4n) is 2.08. The topological polar surface area (TPSA) is 46.5 Å². The third-order valence-electron chi connectivity index (χ3n) is 2.87. The van der Waals surface area contributed by atoms with Crippen LogP contribution in [0.3, 0.4) is 0 Å². The first-order valence-corrected chi connectivity index (χ1v) is 6.06. The van der Waals surface area contributed by atoms with E-state index in [0.29, 0.717) is 13.0 Å². The summed E-state index contributed by atoms with van der Waals surface area (Å²) in [6.45, 7) is 2.11. The molecule has 3 nitrogen and oxygen atoms in total. The van der Waals surface area contributed by atoms with Crippen LogP contribution in [0.1, 0.15) is 24.2 Å². The number of fused-ring (bicyclic) bond motifs is 1. The molecule has 4 heteroatoms. The van der Waals surface area contributed by atoms with Gasteiger partial charge in [-0.05, 0) is 30.5 Å². The first-order chi connectivity index (χ1) is 7.65. The maximum absolute atomic E-state index is 11.6. The smallest absolute Gasteiger partial charge is 0.312 e. The molecule has 1 aliphatic rings. The summed E-state index contributed by atoms with van der Waals surface area (Å²) in [6.07, 6.45) is -0.205. The first kappa shape index (κ1) is 11.6. The van der Waals surface area contributed by atoms with Crippen molar-refractivity contribution in [3.63, 3.8) is 0 Å². The molecule has 0 bridgehead atoms. The fourth-order valence-corrected chi connectivity index (χ4v) is 2.62. The Bertz CT molecular complexity index is 417. The van der Waals surface area contributed by atoms with Crippen LogP contribution in [0.4, 0.5) is 0 Å². The number of rotatable bonds is 2. The largest absolute Gasteiger partial charge is 0.466 e. The number of esters is 1. The SMILES string of the molecule is CCOC(=O)C1Cc2c(Br)cccc2C1O. The number of aliphatic hydroxyl groups is 1. The van der Waals surface area contributed by atoms with E-state index in [1.807, 2.05) is 18.2 Å². The van der Waals surface area contributed by atoms with E-state index in [1.165, 1.54) is 0 Å². The first-order valence-electron chi connectivity index (χ1n) is 5.27. The molecule has 1 aromatic carbocycles. The molecule has 1 aromatic rings. The molecule has 2 unspecified atom stereocenters. The standard InChI is InChI=1S/C12H13BrO3/c1-2-16-12(15)9-6-8-7(11(9)14)4-3-5-10(8)13/h3-5,9,11,14H,2,6H2,1H3. The predicted octanol–water partition coefficient (Wildman–Crippen LogP) is 2.22. The molecule has 0 saturated carbocycles. The molecule has 1 N–H and O–H groups in total. The lowest BCUT2D eigenvalue weighted by molar-refractivity contribution is -0.151. The second kappa shape index (κ2) is 4.55. The van der Waals surface area contributed by atoms with Crippen molar-refractivity contribution in [3.8, 4) is 0 Å². The molecule has 2 rings (SSSR count). The number of carbonyl (C=O) groups excluding carboxylic acids is 1. The molecular weight excluding hydrogens is 272 g/mol. The second-order valence-corrected chi connectivity index (χ2v) is 4.67. The Hall–Kier alpha value is -0.870. The maximum atomic E-state index is 11.6. The Morgan fingerprint density at radius 3 is 3.00 bits per heavy atom. The van der Waals surface area contributed by atoms with Gasteiger partial charge in [0.15, 0.2) is 0 Å². The number of ether oxygens (including phenoxy) is 1. The van der Waals surface area contributed by atoms with Crippen LogP contribution in [0.15, 0.2) is 22.7 Å². The van der Waals surface area contributed by atoms with Gasteiger partial charge in [0.25, 0.3) is 0 Å². The average Bonchev–Trinajstić information content (AvgIpc) is 2.59. The van der Waals surface area contributed by atoms with Crippen molar-refractivity contribution in [3.05, 3.63) is 33.8 Å². The summed E-state index contributed by atoms with van der Waals surface area (Å²) in [7, 11) is 0. The molecular formula is C12H13BrO3. The number of carbonyl (C=O) groups is 1. The van der Waals surface area contributed by atoms with Crippen molar-refractivity contribution in [2.75, 3.05) is 6.61 Å². The maximum Gasteiger partial charge on any atom is 0.312 e. The number of halogens is 1. The van der Waals surface area contributed by atoms with Gasteiger partial charge in [-0.15, -0.1) is 0 Å². The number of aliphatic hydroxyl groups excluding tert-OH is 1. The van der Waals surface area contributed by atoms with Crippen LogP contribution in [0.25, 0.3) is 0 Å². The molecule has 0 spiro atoms. The van der Waals surface area contributed by atoms with Gasteiger partial charge >= 0.3 is 5.97 Å². The molecule has 86 valence electrons.